The third-order valence-electron chi connectivity index (χ3n) is 4.05. The normalized spacial score (nSPS) is 10.6. The lowest BCUT2D eigenvalue weighted by Gasteiger charge is -2.12. The molecule has 0 N–H and O–H groups in total. The van der Waals surface area contributed by atoms with E-state index in [9.17, 15) is 14.0 Å². The Morgan fingerprint density at radius 3 is 2.52 bits per heavy atom. The molecule has 25 heavy (non-hydrogen) atoms. The number of hydrogen-bond donors (Lipinski definition) is 0. The van der Waals surface area contributed by atoms with Crippen LogP contribution in [0, 0.1) is 5.82 Å². The summed E-state index contributed by atoms with van der Waals surface area (Å²) < 4.78 is 18.4. The Morgan fingerprint density at radius 1 is 1.12 bits per heavy atom. The first kappa shape index (κ1) is 16.8. The Balaban J connectivity index is 2.11. The molecule has 2 aromatic carbocycles. The second-order valence-electron chi connectivity index (χ2n) is 5.69. The standard InChI is InChI=1S/C20H16FNO3/c1-25-20-16(12-24)10-15(6-7-23)18-9-14(11-22-19(18)20)8-13-2-4-17(21)5-3-13/h2-5,7,9-12H,6,8H2,1H3. The summed E-state index contributed by atoms with van der Waals surface area (Å²) in [5.41, 5.74) is 3.52. The summed E-state index contributed by atoms with van der Waals surface area (Å²) in [5, 5.41) is 0.772. The van der Waals surface area contributed by atoms with Crippen molar-refractivity contribution < 1.29 is 18.7 Å². The molecule has 0 aliphatic carbocycles. The van der Waals surface area contributed by atoms with Gasteiger partial charge in [0.2, 0.25) is 0 Å². The highest BCUT2D eigenvalue weighted by atomic mass is 19.1. The number of aromatic nitrogens is 1. The predicted octanol–water partition coefficient (Wildman–Crippen LogP) is 3.53. The quantitative estimate of drug-likeness (QED) is 0.646. The van der Waals surface area contributed by atoms with Crippen LogP contribution in [-0.4, -0.2) is 24.7 Å². The molecule has 1 heterocycles. The van der Waals surface area contributed by atoms with Crippen LogP contribution in [0.1, 0.15) is 27.0 Å². The lowest BCUT2D eigenvalue weighted by atomic mass is 9.98. The number of hydrogen-bond acceptors (Lipinski definition) is 4. The lowest BCUT2D eigenvalue weighted by Crippen LogP contribution is -2.00. The molecule has 3 rings (SSSR count). The van der Waals surface area contributed by atoms with Gasteiger partial charge in [0.1, 0.15) is 17.6 Å². The Labute approximate surface area is 144 Å². The van der Waals surface area contributed by atoms with Crippen molar-refractivity contribution in [3.05, 3.63) is 70.7 Å². The van der Waals surface area contributed by atoms with Crippen LogP contribution in [-0.2, 0) is 17.6 Å². The van der Waals surface area contributed by atoms with Crippen molar-refractivity contribution in [3.63, 3.8) is 0 Å². The largest absolute Gasteiger partial charge is 0.494 e. The molecule has 0 spiro atoms. The van der Waals surface area contributed by atoms with Crippen LogP contribution in [0.3, 0.4) is 0 Å². The summed E-state index contributed by atoms with van der Waals surface area (Å²) in [4.78, 5) is 26.7. The van der Waals surface area contributed by atoms with Crippen LogP contribution in [0.25, 0.3) is 10.9 Å². The fourth-order valence-corrected chi connectivity index (χ4v) is 2.90. The van der Waals surface area contributed by atoms with Crippen molar-refractivity contribution >= 4 is 23.5 Å². The zero-order valence-corrected chi connectivity index (χ0v) is 13.7. The maximum Gasteiger partial charge on any atom is 0.155 e. The van der Waals surface area contributed by atoms with Crippen molar-refractivity contribution in [2.75, 3.05) is 7.11 Å². The second-order valence-corrected chi connectivity index (χ2v) is 5.69. The van der Waals surface area contributed by atoms with Gasteiger partial charge in [0.25, 0.3) is 0 Å². The number of halogens is 1. The van der Waals surface area contributed by atoms with E-state index in [1.54, 1.807) is 24.4 Å². The SMILES string of the molecule is COc1c(C=O)cc(CC=O)c2cc(Cc3ccc(F)cc3)cnc12. The molecule has 4 nitrogen and oxygen atoms in total. The van der Waals surface area contributed by atoms with E-state index < -0.39 is 0 Å². The van der Waals surface area contributed by atoms with Gasteiger partial charge in [-0.05, 0) is 47.4 Å². The van der Waals surface area contributed by atoms with E-state index >= 15 is 0 Å². The molecule has 0 unspecified atom stereocenters. The minimum Gasteiger partial charge on any atom is -0.494 e. The number of fused-ring (bicyclic) bond motifs is 1. The van der Waals surface area contributed by atoms with Gasteiger partial charge in [-0.1, -0.05) is 12.1 Å². The first-order valence-electron chi connectivity index (χ1n) is 7.78. The predicted molar refractivity (Wildman–Crippen MR) is 92.7 cm³/mol. The van der Waals surface area contributed by atoms with Crippen LogP contribution in [0.5, 0.6) is 5.75 Å². The zero-order chi connectivity index (χ0) is 17.8. The summed E-state index contributed by atoms with van der Waals surface area (Å²) >= 11 is 0. The van der Waals surface area contributed by atoms with E-state index in [0.29, 0.717) is 29.5 Å². The fourth-order valence-electron chi connectivity index (χ4n) is 2.90. The molecule has 126 valence electrons. The molecule has 0 radical (unpaired) electrons. The zero-order valence-electron chi connectivity index (χ0n) is 13.7. The smallest absolute Gasteiger partial charge is 0.155 e. The van der Waals surface area contributed by atoms with E-state index in [-0.39, 0.29) is 12.2 Å². The maximum absolute atomic E-state index is 13.0. The van der Waals surface area contributed by atoms with E-state index in [1.165, 1.54) is 19.2 Å². The summed E-state index contributed by atoms with van der Waals surface area (Å²) in [6.07, 6.45) is 3.96. The van der Waals surface area contributed by atoms with Crippen molar-refractivity contribution in [2.45, 2.75) is 12.8 Å². The van der Waals surface area contributed by atoms with E-state index in [4.69, 9.17) is 4.74 Å². The summed E-state index contributed by atoms with van der Waals surface area (Å²) in [7, 11) is 1.48. The number of ether oxygens (including phenoxy) is 1. The number of carbonyl (C=O) groups excluding carboxylic acids is 2. The monoisotopic (exact) mass is 337 g/mol. The molecular weight excluding hydrogens is 321 g/mol. The third-order valence-corrected chi connectivity index (χ3v) is 4.05. The molecule has 0 aliphatic heterocycles. The molecule has 3 aromatic rings. The van der Waals surface area contributed by atoms with Gasteiger partial charge in [-0.3, -0.25) is 9.78 Å². The van der Waals surface area contributed by atoms with Crippen LogP contribution in [0.4, 0.5) is 4.39 Å². The van der Waals surface area contributed by atoms with Crippen LogP contribution < -0.4 is 4.74 Å². The number of rotatable bonds is 6. The van der Waals surface area contributed by atoms with Gasteiger partial charge < -0.3 is 9.53 Å². The summed E-state index contributed by atoms with van der Waals surface area (Å²) in [5.74, 6) is 0.118. The number of benzene rings is 2. The van der Waals surface area contributed by atoms with Gasteiger partial charge in [-0.15, -0.1) is 0 Å². The Hall–Kier alpha value is -3.08. The number of pyridine rings is 1. The lowest BCUT2D eigenvalue weighted by molar-refractivity contribution is -0.107. The molecule has 0 fully saturated rings. The molecule has 0 aliphatic rings. The van der Waals surface area contributed by atoms with E-state index in [2.05, 4.69) is 4.98 Å². The fraction of sp³-hybridized carbons (Fsp3) is 0.150. The summed E-state index contributed by atoms with van der Waals surface area (Å²) in [6.45, 7) is 0. The molecule has 0 saturated carbocycles. The van der Waals surface area contributed by atoms with Crippen molar-refractivity contribution in [1.82, 2.24) is 4.98 Å². The first-order chi connectivity index (χ1) is 12.2. The average Bonchev–Trinajstić information content (AvgIpc) is 2.63. The highest BCUT2D eigenvalue weighted by Gasteiger charge is 2.14. The van der Waals surface area contributed by atoms with Crippen LogP contribution in [0.15, 0.2) is 42.6 Å². The second kappa shape index (κ2) is 7.21. The minimum absolute atomic E-state index is 0.184. The molecular formula is C20H16FNO3. The molecule has 0 atom stereocenters. The summed E-state index contributed by atoms with van der Waals surface area (Å²) in [6, 6.07) is 9.87. The highest BCUT2D eigenvalue weighted by molar-refractivity contribution is 5.97. The van der Waals surface area contributed by atoms with E-state index in [1.807, 2.05) is 6.07 Å². The van der Waals surface area contributed by atoms with Crippen molar-refractivity contribution in [1.29, 1.82) is 0 Å². The van der Waals surface area contributed by atoms with Gasteiger partial charge in [0, 0.05) is 18.0 Å². The van der Waals surface area contributed by atoms with Gasteiger partial charge in [-0.25, -0.2) is 4.39 Å². The molecule has 0 bridgehead atoms. The molecule has 1 aromatic heterocycles. The number of aldehydes is 2. The average molecular weight is 337 g/mol. The highest BCUT2D eigenvalue weighted by Crippen LogP contribution is 2.31. The minimum atomic E-state index is -0.278. The van der Waals surface area contributed by atoms with Gasteiger partial charge in [-0.2, -0.15) is 0 Å². The molecule has 0 saturated heterocycles. The Kier molecular flexibility index (Phi) is 4.84. The van der Waals surface area contributed by atoms with E-state index in [0.717, 1.165) is 28.4 Å². The molecule has 0 amide bonds. The Bertz CT molecular complexity index is 936. The number of methoxy groups -OCH3 is 1. The number of carbonyl (C=O) groups is 2. The van der Waals surface area contributed by atoms with Gasteiger partial charge in [0.05, 0.1) is 12.7 Å². The maximum atomic E-state index is 13.0. The Morgan fingerprint density at radius 2 is 1.88 bits per heavy atom. The van der Waals surface area contributed by atoms with Crippen LogP contribution in [0.2, 0.25) is 0 Å². The number of nitrogens with zero attached hydrogens (tertiary/aromatic N) is 1. The van der Waals surface area contributed by atoms with Gasteiger partial charge >= 0.3 is 0 Å². The van der Waals surface area contributed by atoms with Crippen LogP contribution >= 0.6 is 0 Å². The molecule has 5 heteroatoms. The topological polar surface area (TPSA) is 56.3 Å². The third kappa shape index (κ3) is 3.40. The van der Waals surface area contributed by atoms with Gasteiger partial charge in [0.15, 0.2) is 12.0 Å². The van der Waals surface area contributed by atoms with Crippen molar-refractivity contribution in [2.24, 2.45) is 0 Å². The van der Waals surface area contributed by atoms with Crippen molar-refractivity contribution in [3.8, 4) is 5.75 Å². The first-order valence-corrected chi connectivity index (χ1v) is 7.78.